The molecular formula is C105H138N30O8. The van der Waals surface area contributed by atoms with Gasteiger partial charge in [0.2, 0.25) is 0 Å². The lowest BCUT2D eigenvalue weighted by atomic mass is 9.76. The van der Waals surface area contributed by atoms with Gasteiger partial charge in [-0.3, -0.25) is 24.4 Å². The van der Waals surface area contributed by atoms with Gasteiger partial charge in [-0.1, -0.05) is 295 Å². The number of carboxylic acid groups (broad SMARTS) is 2. The summed E-state index contributed by atoms with van der Waals surface area (Å²) in [5.74, 6) is 1.21. The average Bonchev–Trinajstić information content (AvgIpc) is 1.76. The quantitative estimate of drug-likeness (QED) is 0.0158. The van der Waals surface area contributed by atoms with Crippen molar-refractivity contribution >= 4 is 28.9 Å². The van der Waals surface area contributed by atoms with E-state index in [2.05, 4.69) is 324 Å². The predicted octanol–water partition coefficient (Wildman–Crippen LogP) is 15.1. The van der Waals surface area contributed by atoms with Gasteiger partial charge in [0.1, 0.15) is 5.78 Å². The molecular weight excluding hydrogens is 1810 g/mol. The highest BCUT2D eigenvalue weighted by molar-refractivity contribution is 5.79. The van der Waals surface area contributed by atoms with E-state index in [0.717, 1.165) is 138 Å². The number of aliphatic hydroxyl groups excluding tert-OH is 3. The number of benzene rings is 6. The number of nitrogens with zero attached hydrogens (tertiary/aromatic N) is 20. The molecule has 17 rings (SSSR count). The molecule has 3 aliphatic heterocycles. The van der Waals surface area contributed by atoms with E-state index in [4.69, 9.17) is 0 Å². The number of aliphatic hydroxyl groups is 3. The number of tetrazole rings is 6. The van der Waals surface area contributed by atoms with Crippen LogP contribution in [0.2, 0.25) is 0 Å². The molecule has 10 heterocycles. The topological polar surface area (TPSA) is 547 Å². The van der Waals surface area contributed by atoms with Gasteiger partial charge in [-0.25, -0.2) is 0 Å². The van der Waals surface area contributed by atoms with Crippen LogP contribution in [0, 0.1) is 53.3 Å². The van der Waals surface area contributed by atoms with Crippen molar-refractivity contribution in [3.63, 3.8) is 0 Å². The average molecular weight is 1950 g/mol. The number of aromatic nitrogens is 26. The first-order chi connectivity index (χ1) is 69.4. The van der Waals surface area contributed by atoms with Gasteiger partial charge in [0, 0.05) is 130 Å². The Kier molecular flexibility index (Phi) is 41.8. The van der Waals surface area contributed by atoms with Crippen molar-refractivity contribution in [3.8, 4) is 11.1 Å². The number of aromatic amines is 7. The molecule has 1 aliphatic carbocycles. The van der Waals surface area contributed by atoms with Crippen LogP contribution in [-0.2, 0) is 59.5 Å². The number of carbonyl (C=O) groups excluding carboxylic acids is 1. The van der Waals surface area contributed by atoms with Crippen molar-refractivity contribution in [2.75, 3.05) is 52.4 Å². The van der Waals surface area contributed by atoms with Crippen LogP contribution in [0.4, 0.5) is 0 Å². The summed E-state index contributed by atoms with van der Waals surface area (Å²) in [5.41, 5.74) is 15.5. The minimum Gasteiger partial charge on any atom is -0.513 e. The normalized spacial score (nSPS) is 16.2. The fourth-order valence-electron chi connectivity index (χ4n) is 20.1. The predicted molar refractivity (Wildman–Crippen MR) is 544 cm³/mol. The van der Waals surface area contributed by atoms with Crippen LogP contribution in [0.1, 0.15) is 234 Å². The van der Waals surface area contributed by atoms with Gasteiger partial charge in [0.15, 0.2) is 34.9 Å². The highest BCUT2D eigenvalue weighted by atomic mass is 16.4. The van der Waals surface area contributed by atoms with Crippen LogP contribution in [0.25, 0.3) is 22.3 Å². The third-order valence-corrected chi connectivity index (χ3v) is 27.3. The standard InChI is InChI=1S/C21H27N5O.C19H28N6O2.C19H25N5O.C18H22N6O.C14H18N4O2.C14H18N4O/c1-14(27)20(17-4-2-3-5-17)19(21-23-25-26-24-21)12-15-6-8-16(9-7-15)18-10-11-22-13-18;1-2-3-16(19(26)27)17(18-21-23-24-22-18)12-14-4-6-15(7-5-14)13-25-10-8-20-9-11-25;1-12(2)18(13(3)25)17(19-21-23-24-22-19)10-14-4-6-15(7-5-14)16-8-9-20-11-16;1-11(2)17(12(3)25)16(18-21-23-24-22-18)8-13-4-6-14(7-5-13)15-9-19-20-10-15;1-2-6-11(14(19)20)12(13-15-17-18-16-13)9-10-7-4-3-5-8-10;1-3-12(10(2)19)13(14-15-17-18-16-14)9-11-7-5-4-6-8-11/h6-10,17,19-20,22,27H,1-5,11-13H2,(H,23,24,25,26);4-7,16-17,20H,2-3,8-13H2,1H3,(H,26,27)(H,21,22,23,24);4-8,12,17-18,20,25H,3,9-11H2,1-2H3,(H,21,22,23,24);4-7,9-11,16-17,25H,3,8H2,1-2H3,(H,19,20)(H,21,22,23,24);3-5,7-8,11-12H,2,6,9H2,1H3,(H,19,20)(H,15,16,17,18);4-8,12-13H,3,9H2,1-2H3,(H,15,16,17,18)/t19-,20-;16-,17-;17-,18+;16-,17+;11-,12-;12-,13+/m000001/s1. The van der Waals surface area contributed by atoms with E-state index in [1.807, 2.05) is 75.5 Å². The second-order valence-corrected chi connectivity index (χ2v) is 37.8. The van der Waals surface area contributed by atoms with E-state index in [-0.39, 0.29) is 94.1 Å². The van der Waals surface area contributed by atoms with E-state index in [0.29, 0.717) is 73.0 Å². The summed E-state index contributed by atoms with van der Waals surface area (Å²) in [6, 6.07) is 53.9. The molecule has 7 aromatic heterocycles. The molecule has 1 saturated heterocycles. The van der Waals surface area contributed by atoms with Gasteiger partial charge in [-0.15, -0.1) is 61.2 Å². The number of allylic oxidation sites excluding steroid dienone is 3. The van der Waals surface area contributed by atoms with E-state index in [1.54, 1.807) is 13.1 Å². The zero-order chi connectivity index (χ0) is 101. The molecule has 1 saturated carbocycles. The van der Waals surface area contributed by atoms with Crippen molar-refractivity contribution in [1.29, 1.82) is 0 Å². The molecule has 0 spiro atoms. The van der Waals surface area contributed by atoms with Crippen molar-refractivity contribution < 1.29 is 39.9 Å². The molecule has 756 valence electrons. The molecule has 6 aromatic carbocycles. The number of carbonyl (C=O) groups is 3. The van der Waals surface area contributed by atoms with Gasteiger partial charge < -0.3 is 41.5 Å². The van der Waals surface area contributed by atoms with Crippen LogP contribution in [-0.4, -0.2) is 234 Å². The van der Waals surface area contributed by atoms with E-state index >= 15 is 0 Å². The van der Waals surface area contributed by atoms with Gasteiger partial charge in [-0.05, 0) is 162 Å². The first-order valence-corrected chi connectivity index (χ1v) is 49.6. The number of hydrogen-bond donors (Lipinski definition) is 15. The first kappa shape index (κ1) is 107. The second-order valence-electron chi connectivity index (χ2n) is 37.8. The Hall–Kier alpha value is -14.5. The summed E-state index contributed by atoms with van der Waals surface area (Å²) in [7, 11) is 0. The molecule has 38 nitrogen and oxygen atoms in total. The summed E-state index contributed by atoms with van der Waals surface area (Å²) >= 11 is 0. The maximum Gasteiger partial charge on any atom is 0.307 e. The fourth-order valence-corrected chi connectivity index (χ4v) is 20.1. The molecule has 0 amide bonds. The van der Waals surface area contributed by atoms with E-state index in [9.17, 15) is 39.9 Å². The lowest BCUT2D eigenvalue weighted by molar-refractivity contribution is -0.144. The number of ketones is 1. The molecule has 4 aliphatic rings. The van der Waals surface area contributed by atoms with Gasteiger partial charge >= 0.3 is 11.9 Å². The number of hydrogen-bond acceptors (Lipinski definition) is 29. The SMILES string of the molecule is C=C(O)[C@@H](C(C)C)[C@H](Cc1ccc(-c2cn[nH]c2)cc1)c1nn[nH]n1.C=C(O)[C@@H](C(C)C)[C@H](Cc1ccc(C2=CCNC2)cc1)c1nn[nH]n1.C=C(O)[C@@H](C1CCCC1)[C@H](Cc1ccc(C2=CCNC2)cc1)c1nn[nH]n1.CCC[C@H](C(=O)O)[C@H](Cc1ccc(CN2CCNCC2)cc1)c1nn[nH]n1.CCC[C@H](C(=O)O)[C@H](Cc1ccccc1)c1nn[nH]n1.CC[C@H](C(C)=O)[C@H](Cc1ccccc1)c1nn[nH]n1. The molecule has 0 bridgehead atoms. The Labute approximate surface area is 833 Å². The number of carboxylic acids is 2. The highest BCUT2D eigenvalue weighted by Gasteiger charge is 2.40. The number of H-pyrrole nitrogens is 7. The molecule has 12 atom stereocenters. The highest BCUT2D eigenvalue weighted by Crippen LogP contribution is 2.44. The van der Waals surface area contributed by atoms with Crippen molar-refractivity contribution in [2.45, 2.75) is 194 Å². The lowest BCUT2D eigenvalue weighted by Gasteiger charge is -2.29. The Bertz CT molecular complexity index is 5930. The lowest BCUT2D eigenvalue weighted by Crippen LogP contribution is -2.42. The Morgan fingerprint density at radius 3 is 1.04 bits per heavy atom. The van der Waals surface area contributed by atoms with Crippen molar-refractivity contribution in [1.82, 2.24) is 155 Å². The molecule has 0 unspecified atom stereocenters. The van der Waals surface area contributed by atoms with Crippen LogP contribution >= 0.6 is 0 Å². The number of nitrogens with one attached hydrogen (secondary N) is 10. The molecule has 0 radical (unpaired) electrons. The maximum atomic E-state index is 11.8. The van der Waals surface area contributed by atoms with Gasteiger partial charge in [-0.2, -0.15) is 36.4 Å². The third kappa shape index (κ3) is 31.7. The van der Waals surface area contributed by atoms with Crippen molar-refractivity contribution in [2.24, 2.45) is 53.3 Å². The van der Waals surface area contributed by atoms with Crippen LogP contribution in [0.15, 0.2) is 219 Å². The summed E-state index contributed by atoms with van der Waals surface area (Å²) in [6.45, 7) is 36.2. The Morgan fingerprint density at radius 1 is 0.399 bits per heavy atom. The zero-order valence-electron chi connectivity index (χ0n) is 83.0. The summed E-state index contributed by atoms with van der Waals surface area (Å²) in [5, 5.41) is 153. The minimum absolute atomic E-state index is 0.0244. The summed E-state index contributed by atoms with van der Waals surface area (Å²) in [4.78, 5) is 37.6. The summed E-state index contributed by atoms with van der Waals surface area (Å²) in [6.07, 6.45) is 20.5. The summed E-state index contributed by atoms with van der Waals surface area (Å²) < 4.78 is 0. The van der Waals surface area contributed by atoms with Crippen molar-refractivity contribution in [3.05, 3.63) is 304 Å². The number of piperazine rings is 1. The number of Topliss-reactive ketones (excluding diaryl/α,β-unsaturated/α-hetero) is 1. The first-order valence-electron chi connectivity index (χ1n) is 49.6. The van der Waals surface area contributed by atoms with Crippen LogP contribution in [0.5, 0.6) is 0 Å². The number of rotatable bonds is 43. The molecule has 2 fully saturated rings. The Balaban J connectivity index is 0.000000154. The smallest absolute Gasteiger partial charge is 0.307 e. The monoisotopic (exact) mass is 1950 g/mol. The fraction of sp³-hybridized carbons (Fsp3) is 0.448. The molecule has 13 aromatic rings. The number of aliphatic carboxylic acids is 2. The van der Waals surface area contributed by atoms with Crippen LogP contribution < -0.4 is 16.0 Å². The second kappa shape index (κ2) is 55.6. The van der Waals surface area contributed by atoms with Crippen LogP contribution in [0.3, 0.4) is 0 Å². The Morgan fingerprint density at radius 2 is 0.734 bits per heavy atom. The molecule has 143 heavy (non-hydrogen) atoms. The van der Waals surface area contributed by atoms with Gasteiger partial charge in [0.05, 0.1) is 35.3 Å². The zero-order valence-corrected chi connectivity index (χ0v) is 83.0. The van der Waals surface area contributed by atoms with Gasteiger partial charge in [0.25, 0.3) is 0 Å². The largest absolute Gasteiger partial charge is 0.513 e. The maximum absolute atomic E-state index is 11.8. The minimum atomic E-state index is -0.808. The molecule has 15 N–H and O–H groups in total. The van der Waals surface area contributed by atoms with E-state index in [1.165, 1.54) is 57.4 Å². The molecule has 38 heteroatoms. The van der Waals surface area contributed by atoms with E-state index < -0.39 is 23.8 Å². The third-order valence-electron chi connectivity index (χ3n) is 27.3.